The van der Waals surface area contributed by atoms with E-state index in [1.807, 2.05) is 27.7 Å². The van der Waals surface area contributed by atoms with Crippen LogP contribution >= 0.6 is 23.5 Å². The van der Waals surface area contributed by atoms with Gasteiger partial charge in [0.2, 0.25) is 0 Å². The molecular formula is C31H28N6O7S2. The van der Waals surface area contributed by atoms with Crippen LogP contribution in [0.25, 0.3) is 0 Å². The molecule has 0 radical (unpaired) electrons. The van der Waals surface area contributed by atoms with E-state index in [1.165, 1.54) is 33.3 Å². The van der Waals surface area contributed by atoms with Crippen LogP contribution in [0, 0.1) is 0 Å². The summed E-state index contributed by atoms with van der Waals surface area (Å²) >= 11 is 2.78. The quantitative estimate of drug-likeness (QED) is 0.368. The molecule has 4 fully saturated rings. The topological polar surface area (TPSA) is 157 Å². The molecule has 8 rings (SSSR count). The van der Waals surface area contributed by atoms with Gasteiger partial charge < -0.3 is 20.4 Å². The minimum Gasteiger partial charge on any atom is -0.316 e. The number of thioether (sulfide) groups is 2. The molecule has 6 atom stereocenters. The Morgan fingerprint density at radius 1 is 0.587 bits per heavy atom. The van der Waals surface area contributed by atoms with Gasteiger partial charge in [0.25, 0.3) is 35.4 Å². The van der Waals surface area contributed by atoms with Crippen LogP contribution in [-0.2, 0) is 9.59 Å². The van der Waals surface area contributed by atoms with Crippen molar-refractivity contribution in [3.05, 3.63) is 70.8 Å². The first-order valence-corrected chi connectivity index (χ1v) is 16.5. The third kappa shape index (κ3) is 3.63. The average Bonchev–Trinajstić information content (AvgIpc) is 3.59. The van der Waals surface area contributed by atoms with E-state index in [2.05, 4.69) is 10.6 Å². The average molecular weight is 661 g/mol. The summed E-state index contributed by atoms with van der Waals surface area (Å²) in [7, 11) is 0. The number of rotatable bonds is 4. The number of hydrogen-bond donors (Lipinski definition) is 2. The van der Waals surface area contributed by atoms with Crippen LogP contribution in [0.5, 0.6) is 0 Å². The van der Waals surface area contributed by atoms with E-state index in [-0.39, 0.29) is 22.3 Å². The van der Waals surface area contributed by atoms with Crippen LogP contribution in [0.3, 0.4) is 0 Å². The molecule has 4 saturated heterocycles. The summed E-state index contributed by atoms with van der Waals surface area (Å²) in [5.41, 5.74) is 1.04. The van der Waals surface area contributed by atoms with E-state index in [0.29, 0.717) is 0 Å². The van der Waals surface area contributed by atoms with Crippen molar-refractivity contribution in [3.63, 3.8) is 0 Å². The Morgan fingerprint density at radius 2 is 0.891 bits per heavy atom. The predicted molar refractivity (Wildman–Crippen MR) is 165 cm³/mol. The maximum absolute atomic E-state index is 13.5. The second-order valence-electron chi connectivity index (χ2n) is 13.1. The van der Waals surface area contributed by atoms with Gasteiger partial charge in [0.05, 0.1) is 31.7 Å². The molecule has 6 aliphatic rings. The van der Waals surface area contributed by atoms with Crippen molar-refractivity contribution in [3.8, 4) is 0 Å². The van der Waals surface area contributed by atoms with Gasteiger partial charge in [-0.15, -0.1) is 23.5 Å². The van der Waals surface area contributed by atoms with Gasteiger partial charge in [-0.25, -0.2) is 4.79 Å². The molecule has 2 aromatic carbocycles. The van der Waals surface area contributed by atoms with Gasteiger partial charge in [-0.2, -0.15) is 0 Å². The third-order valence-corrected chi connectivity index (χ3v) is 12.7. The standard InChI is InChI=1S/C31H28N6O7S2/c1-30(2)27(36-23(42)17(25(36)45-30)34-19(38)13-9-5-6-10-14(13)20(34)39)32-29(44)33-28-31(3,4)46-26-18(24(43)37(26)28)35-21(40)15-11-7-8-12-16(15)22(35)41/h5-12,17-18,25-28H,1-4H3,(H2,32,33,44)/t17-,18+,25-,26-,27-,28+/m0/s1. The van der Waals surface area contributed by atoms with Gasteiger partial charge in [-0.1, -0.05) is 24.3 Å². The first kappa shape index (κ1) is 29.1. The van der Waals surface area contributed by atoms with E-state index in [1.54, 1.807) is 48.5 Å². The van der Waals surface area contributed by atoms with Crippen LogP contribution in [-0.4, -0.2) is 106 Å². The van der Waals surface area contributed by atoms with E-state index < -0.39 is 86.1 Å². The fourth-order valence-corrected chi connectivity index (χ4v) is 10.6. The number of benzene rings is 2. The lowest BCUT2D eigenvalue weighted by Gasteiger charge is -2.48. The molecule has 0 aliphatic carbocycles. The van der Waals surface area contributed by atoms with Crippen molar-refractivity contribution < 1.29 is 33.6 Å². The highest BCUT2D eigenvalue weighted by Gasteiger charge is 2.68. The predicted octanol–water partition coefficient (Wildman–Crippen LogP) is 1.65. The Labute approximate surface area is 271 Å². The monoisotopic (exact) mass is 660 g/mol. The summed E-state index contributed by atoms with van der Waals surface area (Å²) < 4.78 is -1.37. The number of carbonyl (C=O) groups is 7. The Bertz CT molecular complexity index is 1650. The number of hydrogen-bond acceptors (Lipinski definition) is 9. The zero-order valence-corrected chi connectivity index (χ0v) is 26.7. The first-order valence-electron chi connectivity index (χ1n) is 14.8. The molecule has 15 heteroatoms. The fraction of sp³-hybridized carbons (Fsp3) is 0.387. The van der Waals surface area contributed by atoms with Crippen LogP contribution in [0.1, 0.15) is 69.1 Å². The highest BCUT2D eigenvalue weighted by molar-refractivity contribution is 8.02. The largest absolute Gasteiger partial charge is 0.318 e. The first-order chi connectivity index (χ1) is 21.7. The maximum Gasteiger partial charge on any atom is 0.318 e. The zero-order valence-electron chi connectivity index (χ0n) is 25.0. The van der Waals surface area contributed by atoms with Crippen molar-refractivity contribution in [1.29, 1.82) is 0 Å². The molecule has 2 N–H and O–H groups in total. The van der Waals surface area contributed by atoms with Crippen molar-refractivity contribution in [2.24, 2.45) is 0 Å². The van der Waals surface area contributed by atoms with Crippen LogP contribution in [0.15, 0.2) is 48.5 Å². The molecular weight excluding hydrogens is 633 g/mol. The third-order valence-electron chi connectivity index (χ3n) is 9.57. The molecule has 0 spiro atoms. The van der Waals surface area contributed by atoms with E-state index in [9.17, 15) is 33.6 Å². The molecule has 13 nitrogen and oxygen atoms in total. The van der Waals surface area contributed by atoms with Gasteiger partial charge in [-0.05, 0) is 52.0 Å². The van der Waals surface area contributed by atoms with Crippen molar-refractivity contribution >= 4 is 65.0 Å². The molecule has 236 valence electrons. The number of fused-ring (bicyclic) bond motifs is 4. The highest BCUT2D eigenvalue weighted by atomic mass is 32.2. The molecule has 0 aromatic heterocycles. The van der Waals surface area contributed by atoms with E-state index in [4.69, 9.17) is 0 Å². The minimum absolute atomic E-state index is 0.260. The molecule has 6 aliphatic heterocycles. The number of imide groups is 2. The lowest BCUT2D eigenvalue weighted by molar-refractivity contribution is -0.153. The normalized spacial score (nSPS) is 31.4. The highest BCUT2D eigenvalue weighted by Crippen LogP contribution is 2.53. The molecule has 8 amide bonds. The number of β-lactam (4-membered cyclic amide) rings is 2. The van der Waals surface area contributed by atoms with Gasteiger partial charge in [0.1, 0.15) is 35.2 Å². The zero-order chi connectivity index (χ0) is 32.6. The molecule has 46 heavy (non-hydrogen) atoms. The van der Waals surface area contributed by atoms with Crippen molar-refractivity contribution in [2.45, 2.75) is 72.4 Å². The number of amides is 8. The van der Waals surface area contributed by atoms with E-state index >= 15 is 0 Å². The van der Waals surface area contributed by atoms with Gasteiger partial charge in [-0.3, -0.25) is 38.6 Å². The lowest BCUT2D eigenvalue weighted by atomic mass is 9.99. The van der Waals surface area contributed by atoms with Crippen LogP contribution in [0.4, 0.5) is 4.79 Å². The van der Waals surface area contributed by atoms with Crippen LogP contribution < -0.4 is 10.6 Å². The fourth-order valence-electron chi connectivity index (χ4n) is 7.33. The summed E-state index contributed by atoms with van der Waals surface area (Å²) in [6.45, 7) is 7.46. The lowest BCUT2D eigenvalue weighted by Crippen LogP contribution is -2.74. The summed E-state index contributed by atoms with van der Waals surface area (Å²) in [5, 5.41) is 4.69. The Hall–Kier alpha value is -4.37. The second-order valence-corrected chi connectivity index (χ2v) is 16.6. The summed E-state index contributed by atoms with van der Waals surface area (Å²) in [5.74, 6) is -2.94. The molecule has 6 heterocycles. The Kier molecular flexibility index (Phi) is 5.90. The summed E-state index contributed by atoms with van der Waals surface area (Å²) in [4.78, 5) is 98.0. The SMILES string of the molecule is CC1(C)S[C@H]2[C@H](N3C(=O)c4ccccc4C3=O)C(=O)N2[C@H]1NC(=O)N[C@H]1N2C(=O)[C@H](N3C(=O)c4ccccc4C3=O)[C@@H]2SC1(C)C. The van der Waals surface area contributed by atoms with Crippen molar-refractivity contribution in [1.82, 2.24) is 30.2 Å². The Morgan fingerprint density at radius 3 is 1.20 bits per heavy atom. The summed E-state index contributed by atoms with van der Waals surface area (Å²) in [6, 6.07) is 10.3. The Balaban J connectivity index is 0.968. The summed E-state index contributed by atoms with van der Waals surface area (Å²) in [6.07, 6.45) is -1.54. The minimum atomic E-state index is -0.991. The number of carbonyl (C=O) groups excluding carboxylic acids is 7. The molecule has 0 unspecified atom stereocenters. The van der Waals surface area contributed by atoms with Gasteiger partial charge >= 0.3 is 6.03 Å². The number of nitrogens with one attached hydrogen (secondary N) is 2. The van der Waals surface area contributed by atoms with E-state index in [0.717, 1.165) is 9.80 Å². The number of nitrogens with zero attached hydrogens (tertiary/aromatic N) is 4. The van der Waals surface area contributed by atoms with Gasteiger partial charge in [0, 0.05) is 0 Å². The number of urea groups is 1. The smallest absolute Gasteiger partial charge is 0.316 e. The van der Waals surface area contributed by atoms with Crippen LogP contribution in [0.2, 0.25) is 0 Å². The molecule has 2 aromatic rings. The van der Waals surface area contributed by atoms with Crippen molar-refractivity contribution in [2.75, 3.05) is 0 Å². The molecule has 0 bridgehead atoms. The maximum atomic E-state index is 13.5. The van der Waals surface area contributed by atoms with Gasteiger partial charge in [0.15, 0.2) is 0 Å². The molecule has 0 saturated carbocycles. The second kappa shape index (κ2) is 9.35.